The highest BCUT2D eigenvalue weighted by atomic mass is 32.2. The van der Waals surface area contributed by atoms with Crippen LogP contribution in [0.3, 0.4) is 0 Å². The van der Waals surface area contributed by atoms with E-state index in [0.29, 0.717) is 5.13 Å². The maximum atomic E-state index is 13.4. The van der Waals surface area contributed by atoms with Crippen LogP contribution in [0.1, 0.15) is 23.7 Å². The van der Waals surface area contributed by atoms with Crippen LogP contribution < -0.4 is 5.32 Å². The van der Waals surface area contributed by atoms with Gasteiger partial charge in [-0.15, -0.1) is 10.2 Å². The lowest BCUT2D eigenvalue weighted by Crippen LogP contribution is -2.13. The van der Waals surface area contributed by atoms with Crippen molar-refractivity contribution in [3.63, 3.8) is 0 Å². The monoisotopic (exact) mass is 297 g/mol. The summed E-state index contributed by atoms with van der Waals surface area (Å²) in [5, 5.41) is 10.7. The fraction of sp³-hybridized carbons (Fsp3) is 0.250. The highest BCUT2D eigenvalue weighted by Crippen LogP contribution is 2.26. The van der Waals surface area contributed by atoms with E-state index in [-0.39, 0.29) is 5.56 Å². The van der Waals surface area contributed by atoms with Crippen LogP contribution in [-0.4, -0.2) is 21.9 Å². The first-order valence-electron chi connectivity index (χ1n) is 5.73. The standard InChI is InChI=1S/C12H12FN3OS2/c1-2-7-18-12-16-15-11(19-12)14-10(17)8-5-3-4-6-9(8)13/h3-6H,2,7H2,1H3,(H,14,15,17). The highest BCUT2D eigenvalue weighted by Gasteiger charge is 2.13. The van der Waals surface area contributed by atoms with Gasteiger partial charge in [0.1, 0.15) is 5.82 Å². The number of rotatable bonds is 5. The summed E-state index contributed by atoms with van der Waals surface area (Å²) in [4.78, 5) is 11.8. The van der Waals surface area contributed by atoms with Crippen LogP contribution in [0.25, 0.3) is 0 Å². The predicted octanol–water partition coefficient (Wildman–Crippen LogP) is 3.43. The van der Waals surface area contributed by atoms with E-state index in [0.717, 1.165) is 16.5 Å². The van der Waals surface area contributed by atoms with Crippen LogP contribution in [0.4, 0.5) is 9.52 Å². The summed E-state index contributed by atoms with van der Waals surface area (Å²) in [5.41, 5.74) is 0.000427. The summed E-state index contributed by atoms with van der Waals surface area (Å²) in [6, 6.07) is 5.83. The Bertz CT molecular complexity index is 574. The van der Waals surface area contributed by atoms with Gasteiger partial charge in [0.05, 0.1) is 5.56 Å². The molecule has 0 aliphatic carbocycles. The molecular formula is C12H12FN3OS2. The zero-order chi connectivity index (χ0) is 13.7. The van der Waals surface area contributed by atoms with Gasteiger partial charge in [0.2, 0.25) is 5.13 Å². The van der Waals surface area contributed by atoms with Crippen molar-refractivity contribution in [1.82, 2.24) is 10.2 Å². The van der Waals surface area contributed by atoms with Crippen molar-refractivity contribution in [2.24, 2.45) is 0 Å². The molecule has 0 spiro atoms. The molecule has 1 aromatic heterocycles. The second-order valence-electron chi connectivity index (χ2n) is 3.66. The topological polar surface area (TPSA) is 54.9 Å². The molecule has 0 saturated heterocycles. The number of carbonyl (C=O) groups excluding carboxylic acids is 1. The Kier molecular flexibility index (Phi) is 4.86. The van der Waals surface area contributed by atoms with Gasteiger partial charge in [-0.3, -0.25) is 10.1 Å². The summed E-state index contributed by atoms with van der Waals surface area (Å²) < 4.78 is 14.2. The Labute approximate surface area is 118 Å². The lowest BCUT2D eigenvalue weighted by atomic mass is 10.2. The number of amides is 1. The molecule has 4 nitrogen and oxygen atoms in total. The van der Waals surface area contributed by atoms with Crippen LogP contribution in [0.2, 0.25) is 0 Å². The molecule has 1 N–H and O–H groups in total. The lowest BCUT2D eigenvalue weighted by Gasteiger charge is -2.01. The number of carbonyl (C=O) groups is 1. The van der Waals surface area contributed by atoms with Gasteiger partial charge < -0.3 is 0 Å². The molecule has 100 valence electrons. The normalized spacial score (nSPS) is 10.4. The van der Waals surface area contributed by atoms with Gasteiger partial charge in [0, 0.05) is 5.75 Å². The van der Waals surface area contributed by atoms with Crippen molar-refractivity contribution >= 4 is 34.1 Å². The van der Waals surface area contributed by atoms with Gasteiger partial charge in [0.15, 0.2) is 4.34 Å². The molecule has 0 aliphatic rings. The summed E-state index contributed by atoms with van der Waals surface area (Å²) in [5.74, 6) is -0.109. The van der Waals surface area contributed by atoms with Crippen molar-refractivity contribution in [2.45, 2.75) is 17.7 Å². The second-order valence-corrected chi connectivity index (χ2v) is 5.98. The molecule has 1 amide bonds. The zero-order valence-corrected chi connectivity index (χ0v) is 11.9. The third-order valence-corrected chi connectivity index (χ3v) is 4.35. The van der Waals surface area contributed by atoms with Gasteiger partial charge >= 0.3 is 0 Å². The van der Waals surface area contributed by atoms with E-state index < -0.39 is 11.7 Å². The van der Waals surface area contributed by atoms with Gasteiger partial charge in [-0.2, -0.15) is 0 Å². The molecule has 0 aliphatic heterocycles. The minimum Gasteiger partial charge on any atom is -0.296 e. The van der Waals surface area contributed by atoms with Gasteiger partial charge in [-0.25, -0.2) is 4.39 Å². The molecule has 0 bridgehead atoms. The van der Waals surface area contributed by atoms with Crippen LogP contribution >= 0.6 is 23.1 Å². The Morgan fingerprint density at radius 3 is 2.95 bits per heavy atom. The van der Waals surface area contributed by atoms with Crippen molar-refractivity contribution in [1.29, 1.82) is 0 Å². The zero-order valence-electron chi connectivity index (χ0n) is 10.2. The van der Waals surface area contributed by atoms with E-state index in [1.165, 1.54) is 29.5 Å². The van der Waals surface area contributed by atoms with Crippen molar-refractivity contribution < 1.29 is 9.18 Å². The molecule has 0 unspecified atom stereocenters. The number of nitrogens with zero attached hydrogens (tertiary/aromatic N) is 2. The average molecular weight is 297 g/mol. The van der Waals surface area contributed by atoms with Gasteiger partial charge in [0.25, 0.3) is 5.91 Å². The van der Waals surface area contributed by atoms with Crippen LogP contribution in [0.15, 0.2) is 28.6 Å². The van der Waals surface area contributed by atoms with E-state index in [4.69, 9.17) is 0 Å². The number of thioether (sulfide) groups is 1. The van der Waals surface area contributed by atoms with E-state index in [1.807, 2.05) is 0 Å². The molecule has 0 saturated carbocycles. The van der Waals surface area contributed by atoms with E-state index in [2.05, 4.69) is 22.4 Å². The number of halogens is 1. The van der Waals surface area contributed by atoms with E-state index in [9.17, 15) is 9.18 Å². The third-order valence-electron chi connectivity index (χ3n) is 2.18. The SMILES string of the molecule is CCCSc1nnc(NC(=O)c2ccccc2F)s1. The molecule has 2 aromatic rings. The number of nitrogens with one attached hydrogen (secondary N) is 1. The molecule has 7 heteroatoms. The minimum atomic E-state index is -0.551. The Balaban J connectivity index is 2.03. The van der Waals surface area contributed by atoms with Crippen LogP contribution in [0.5, 0.6) is 0 Å². The average Bonchev–Trinajstić information content (AvgIpc) is 2.84. The smallest absolute Gasteiger partial charge is 0.260 e. The van der Waals surface area contributed by atoms with Crippen molar-refractivity contribution in [3.8, 4) is 0 Å². The quantitative estimate of drug-likeness (QED) is 0.678. The first kappa shape index (κ1) is 14.0. The summed E-state index contributed by atoms with van der Waals surface area (Å²) >= 11 is 2.87. The Morgan fingerprint density at radius 1 is 1.42 bits per heavy atom. The van der Waals surface area contributed by atoms with Crippen molar-refractivity contribution in [3.05, 3.63) is 35.6 Å². The number of aromatic nitrogens is 2. The van der Waals surface area contributed by atoms with Gasteiger partial charge in [-0.1, -0.05) is 42.2 Å². The highest BCUT2D eigenvalue weighted by molar-refractivity contribution is 8.01. The number of benzene rings is 1. The largest absolute Gasteiger partial charge is 0.296 e. The molecule has 0 radical (unpaired) electrons. The molecule has 0 atom stereocenters. The summed E-state index contributed by atoms with van der Waals surface area (Å²) in [6.07, 6.45) is 1.04. The second kappa shape index (κ2) is 6.63. The van der Waals surface area contributed by atoms with E-state index >= 15 is 0 Å². The third kappa shape index (κ3) is 3.74. The van der Waals surface area contributed by atoms with Gasteiger partial charge in [-0.05, 0) is 18.6 Å². The fourth-order valence-electron chi connectivity index (χ4n) is 1.32. The predicted molar refractivity (Wildman–Crippen MR) is 75.3 cm³/mol. The maximum absolute atomic E-state index is 13.4. The summed E-state index contributed by atoms with van der Waals surface area (Å²) in [6.45, 7) is 2.08. The molecule has 0 fully saturated rings. The number of hydrogen-bond acceptors (Lipinski definition) is 5. The first-order chi connectivity index (χ1) is 9.20. The minimum absolute atomic E-state index is 0.000427. The van der Waals surface area contributed by atoms with E-state index in [1.54, 1.807) is 17.8 Å². The molecular weight excluding hydrogens is 285 g/mol. The molecule has 1 aromatic carbocycles. The number of hydrogen-bond donors (Lipinski definition) is 1. The van der Waals surface area contributed by atoms with Crippen LogP contribution in [-0.2, 0) is 0 Å². The Morgan fingerprint density at radius 2 is 2.21 bits per heavy atom. The maximum Gasteiger partial charge on any atom is 0.260 e. The summed E-state index contributed by atoms with van der Waals surface area (Å²) in [7, 11) is 0. The van der Waals surface area contributed by atoms with Crippen LogP contribution in [0, 0.1) is 5.82 Å². The lowest BCUT2D eigenvalue weighted by molar-refractivity contribution is 0.102. The molecule has 19 heavy (non-hydrogen) atoms. The molecule has 1 heterocycles. The fourth-order valence-corrected chi connectivity index (χ4v) is 2.99. The Hall–Kier alpha value is -1.47. The molecule has 2 rings (SSSR count). The number of anilines is 1. The van der Waals surface area contributed by atoms with Crippen molar-refractivity contribution in [2.75, 3.05) is 11.1 Å². The first-order valence-corrected chi connectivity index (χ1v) is 7.53.